The molecular formula is C13H18BrClN2O2. The summed E-state index contributed by atoms with van der Waals surface area (Å²) in [6.07, 6.45) is 0. The maximum Gasteiger partial charge on any atom is 0.317 e. The minimum absolute atomic E-state index is 0.0293. The average molecular weight is 350 g/mol. The van der Waals surface area contributed by atoms with Gasteiger partial charge in [-0.3, -0.25) is 9.69 Å². The van der Waals surface area contributed by atoms with Crippen molar-refractivity contribution in [2.45, 2.75) is 6.54 Å². The number of rotatable bonds is 7. The van der Waals surface area contributed by atoms with Crippen LogP contribution in [0, 0.1) is 0 Å². The van der Waals surface area contributed by atoms with E-state index < -0.39 is 5.97 Å². The number of carbonyl (C=O) groups is 1. The summed E-state index contributed by atoms with van der Waals surface area (Å²) >= 11 is 9.38. The van der Waals surface area contributed by atoms with Gasteiger partial charge in [0.2, 0.25) is 0 Å². The van der Waals surface area contributed by atoms with Crippen LogP contribution in [-0.4, -0.2) is 54.6 Å². The molecule has 0 fully saturated rings. The SMILES string of the molecule is CN(C)CCN(CC(=O)O)Cc1ccc(Br)c(Cl)c1. The Morgan fingerprint density at radius 2 is 2.05 bits per heavy atom. The maximum atomic E-state index is 10.9. The summed E-state index contributed by atoms with van der Waals surface area (Å²) in [5, 5.41) is 9.58. The zero-order valence-electron chi connectivity index (χ0n) is 11.1. The first kappa shape index (κ1) is 16.4. The monoisotopic (exact) mass is 348 g/mol. The highest BCUT2D eigenvalue weighted by atomic mass is 79.9. The van der Waals surface area contributed by atoms with Crippen LogP contribution in [-0.2, 0) is 11.3 Å². The van der Waals surface area contributed by atoms with E-state index in [1.54, 1.807) is 0 Å². The number of aliphatic carboxylic acids is 1. The molecule has 0 amide bonds. The van der Waals surface area contributed by atoms with Crippen molar-refractivity contribution in [2.75, 3.05) is 33.7 Å². The number of halogens is 2. The van der Waals surface area contributed by atoms with Crippen molar-refractivity contribution < 1.29 is 9.90 Å². The smallest absolute Gasteiger partial charge is 0.317 e. The number of carboxylic acid groups (broad SMARTS) is 1. The van der Waals surface area contributed by atoms with E-state index in [1.807, 2.05) is 42.1 Å². The predicted octanol–water partition coefficient (Wildman–Crippen LogP) is 2.55. The van der Waals surface area contributed by atoms with Crippen molar-refractivity contribution >= 4 is 33.5 Å². The molecule has 1 aromatic rings. The highest BCUT2D eigenvalue weighted by molar-refractivity contribution is 9.10. The Morgan fingerprint density at radius 1 is 1.37 bits per heavy atom. The molecule has 0 aromatic heterocycles. The van der Waals surface area contributed by atoms with Crippen LogP contribution in [0.4, 0.5) is 0 Å². The van der Waals surface area contributed by atoms with E-state index in [0.29, 0.717) is 18.1 Å². The second kappa shape index (κ2) is 7.85. The molecular weight excluding hydrogens is 332 g/mol. The van der Waals surface area contributed by atoms with Crippen molar-refractivity contribution in [3.8, 4) is 0 Å². The van der Waals surface area contributed by atoms with Crippen LogP contribution in [0.1, 0.15) is 5.56 Å². The topological polar surface area (TPSA) is 43.8 Å². The Balaban J connectivity index is 2.69. The summed E-state index contributed by atoms with van der Waals surface area (Å²) in [7, 11) is 3.94. The standard InChI is InChI=1S/C13H18BrClN2O2/c1-16(2)5-6-17(9-13(18)19)8-10-3-4-11(14)12(15)7-10/h3-4,7H,5-6,8-9H2,1-2H3,(H,18,19). The third-order valence-electron chi connectivity index (χ3n) is 2.61. The number of benzene rings is 1. The highest BCUT2D eigenvalue weighted by Crippen LogP contribution is 2.23. The molecule has 0 radical (unpaired) electrons. The van der Waals surface area contributed by atoms with Crippen molar-refractivity contribution in [3.05, 3.63) is 33.3 Å². The van der Waals surface area contributed by atoms with Gasteiger partial charge in [-0.1, -0.05) is 17.7 Å². The van der Waals surface area contributed by atoms with E-state index in [9.17, 15) is 4.79 Å². The first-order valence-corrected chi connectivity index (χ1v) is 7.08. The Hall–Kier alpha value is -0.620. The van der Waals surface area contributed by atoms with Gasteiger partial charge in [0.15, 0.2) is 0 Å². The molecule has 6 heteroatoms. The van der Waals surface area contributed by atoms with Crippen LogP contribution >= 0.6 is 27.5 Å². The summed E-state index contributed by atoms with van der Waals surface area (Å²) in [4.78, 5) is 14.8. The minimum Gasteiger partial charge on any atom is -0.480 e. The quantitative estimate of drug-likeness (QED) is 0.821. The van der Waals surface area contributed by atoms with Gasteiger partial charge in [0, 0.05) is 24.1 Å². The third-order valence-corrected chi connectivity index (χ3v) is 3.84. The molecule has 0 saturated heterocycles. The number of carboxylic acids is 1. The molecule has 1 aromatic carbocycles. The zero-order chi connectivity index (χ0) is 14.4. The van der Waals surface area contributed by atoms with Crippen molar-refractivity contribution in [1.82, 2.24) is 9.80 Å². The Labute approximate surface area is 127 Å². The molecule has 1 rings (SSSR count). The van der Waals surface area contributed by atoms with Crippen LogP contribution in [0.5, 0.6) is 0 Å². The molecule has 0 aliphatic carbocycles. The molecule has 4 nitrogen and oxygen atoms in total. The van der Waals surface area contributed by atoms with E-state index in [0.717, 1.165) is 16.6 Å². The molecule has 0 atom stereocenters. The summed E-state index contributed by atoms with van der Waals surface area (Å²) in [5.41, 5.74) is 1.01. The van der Waals surface area contributed by atoms with E-state index >= 15 is 0 Å². The van der Waals surface area contributed by atoms with Crippen molar-refractivity contribution in [3.63, 3.8) is 0 Å². The molecule has 0 spiro atoms. The van der Waals surface area contributed by atoms with Gasteiger partial charge in [-0.2, -0.15) is 0 Å². The van der Waals surface area contributed by atoms with E-state index in [1.165, 1.54) is 0 Å². The second-order valence-corrected chi connectivity index (χ2v) is 5.92. The van der Waals surface area contributed by atoms with Gasteiger partial charge in [0.05, 0.1) is 11.6 Å². The van der Waals surface area contributed by atoms with E-state index in [2.05, 4.69) is 15.9 Å². The molecule has 0 saturated carbocycles. The van der Waals surface area contributed by atoms with Gasteiger partial charge < -0.3 is 10.0 Å². The summed E-state index contributed by atoms with van der Waals surface area (Å²) in [6, 6.07) is 5.68. The molecule has 19 heavy (non-hydrogen) atoms. The molecule has 0 aliphatic rings. The predicted molar refractivity (Wildman–Crippen MR) is 80.6 cm³/mol. The zero-order valence-corrected chi connectivity index (χ0v) is 13.4. The molecule has 0 bridgehead atoms. The number of hydrogen-bond acceptors (Lipinski definition) is 3. The van der Waals surface area contributed by atoms with E-state index in [-0.39, 0.29) is 6.54 Å². The second-order valence-electron chi connectivity index (χ2n) is 4.66. The van der Waals surface area contributed by atoms with Gasteiger partial charge >= 0.3 is 5.97 Å². The van der Waals surface area contributed by atoms with Crippen molar-refractivity contribution in [2.24, 2.45) is 0 Å². The third kappa shape index (κ3) is 6.38. The normalized spacial score (nSPS) is 11.3. The first-order chi connectivity index (χ1) is 8.88. The Morgan fingerprint density at radius 3 is 2.58 bits per heavy atom. The summed E-state index contributed by atoms with van der Waals surface area (Å²) < 4.78 is 0.844. The van der Waals surface area contributed by atoms with Crippen LogP contribution in [0.15, 0.2) is 22.7 Å². The summed E-state index contributed by atoms with van der Waals surface area (Å²) in [6.45, 7) is 2.12. The summed E-state index contributed by atoms with van der Waals surface area (Å²) in [5.74, 6) is -0.818. The number of hydrogen-bond donors (Lipinski definition) is 1. The largest absolute Gasteiger partial charge is 0.480 e. The number of nitrogens with zero attached hydrogens (tertiary/aromatic N) is 2. The van der Waals surface area contributed by atoms with Crippen LogP contribution in [0.25, 0.3) is 0 Å². The van der Waals surface area contributed by atoms with Gasteiger partial charge in [-0.25, -0.2) is 0 Å². The van der Waals surface area contributed by atoms with Gasteiger partial charge in [0.25, 0.3) is 0 Å². The van der Waals surface area contributed by atoms with E-state index in [4.69, 9.17) is 16.7 Å². The fourth-order valence-corrected chi connectivity index (χ4v) is 2.09. The lowest BCUT2D eigenvalue weighted by Gasteiger charge is -2.22. The molecule has 106 valence electrons. The highest BCUT2D eigenvalue weighted by Gasteiger charge is 2.11. The van der Waals surface area contributed by atoms with Crippen molar-refractivity contribution in [1.29, 1.82) is 0 Å². The lowest BCUT2D eigenvalue weighted by Crippen LogP contribution is -2.35. The first-order valence-electron chi connectivity index (χ1n) is 5.91. The van der Waals surface area contributed by atoms with Gasteiger partial charge in [-0.15, -0.1) is 0 Å². The molecule has 0 unspecified atom stereocenters. The lowest BCUT2D eigenvalue weighted by atomic mass is 10.2. The molecule has 1 N–H and O–H groups in total. The number of likely N-dealkylation sites (N-methyl/N-ethyl adjacent to an activating group) is 1. The van der Waals surface area contributed by atoms with Crippen LogP contribution in [0.2, 0.25) is 5.02 Å². The van der Waals surface area contributed by atoms with Crippen LogP contribution < -0.4 is 0 Å². The molecule has 0 aliphatic heterocycles. The maximum absolute atomic E-state index is 10.9. The Kier molecular flexibility index (Phi) is 6.79. The fraction of sp³-hybridized carbons (Fsp3) is 0.462. The Bertz CT molecular complexity index is 441. The fourth-order valence-electron chi connectivity index (χ4n) is 1.64. The van der Waals surface area contributed by atoms with Gasteiger partial charge in [0.1, 0.15) is 0 Å². The lowest BCUT2D eigenvalue weighted by molar-refractivity contribution is -0.138. The average Bonchev–Trinajstić information content (AvgIpc) is 2.30. The van der Waals surface area contributed by atoms with Gasteiger partial charge in [-0.05, 0) is 47.7 Å². The minimum atomic E-state index is -0.818. The molecule has 0 heterocycles. The van der Waals surface area contributed by atoms with Crippen LogP contribution in [0.3, 0.4) is 0 Å².